The van der Waals surface area contributed by atoms with Crippen LogP contribution >= 0.6 is 0 Å². The van der Waals surface area contributed by atoms with Crippen molar-refractivity contribution >= 4 is 11.0 Å². The summed E-state index contributed by atoms with van der Waals surface area (Å²) in [6, 6.07) is 20.2. The molecule has 6 heteroatoms. The van der Waals surface area contributed by atoms with Crippen LogP contribution in [0.5, 0.6) is 0 Å². The van der Waals surface area contributed by atoms with Crippen LogP contribution in [0.25, 0.3) is 11.0 Å². The maximum absolute atomic E-state index is 4.87. The number of hydrogen-bond donors (Lipinski definition) is 0. The van der Waals surface area contributed by atoms with Gasteiger partial charge in [-0.2, -0.15) is 9.13 Å². The number of pyridine rings is 2. The minimum absolute atomic E-state index is 0. The molecular formula is C20H18Br2N4. The van der Waals surface area contributed by atoms with E-state index in [9.17, 15) is 0 Å². The Morgan fingerprint density at radius 1 is 0.538 bits per heavy atom. The lowest BCUT2D eigenvalue weighted by atomic mass is 10.2. The van der Waals surface area contributed by atoms with Gasteiger partial charge in [0.2, 0.25) is 0 Å². The highest BCUT2D eigenvalue weighted by Crippen LogP contribution is 2.13. The second kappa shape index (κ2) is 9.50. The molecule has 26 heavy (non-hydrogen) atoms. The molecule has 0 N–H and O–H groups in total. The summed E-state index contributed by atoms with van der Waals surface area (Å²) in [5.41, 5.74) is 3.87. The average Bonchev–Trinajstić information content (AvgIpc) is 2.64. The molecule has 3 heterocycles. The number of benzene rings is 1. The Morgan fingerprint density at radius 3 is 1.31 bits per heavy atom. The van der Waals surface area contributed by atoms with E-state index in [1.54, 1.807) is 0 Å². The summed E-state index contributed by atoms with van der Waals surface area (Å²) in [6.07, 6.45) is 8.21. The zero-order valence-electron chi connectivity index (χ0n) is 14.0. The van der Waals surface area contributed by atoms with E-state index in [4.69, 9.17) is 9.97 Å². The van der Waals surface area contributed by atoms with E-state index in [1.807, 2.05) is 60.7 Å². The van der Waals surface area contributed by atoms with Gasteiger partial charge in [-0.05, 0) is 12.1 Å². The first-order valence-electron chi connectivity index (χ1n) is 8.01. The molecule has 0 atom stereocenters. The highest BCUT2D eigenvalue weighted by Gasteiger charge is 2.16. The van der Waals surface area contributed by atoms with E-state index in [2.05, 4.69) is 33.9 Å². The topological polar surface area (TPSA) is 33.5 Å². The van der Waals surface area contributed by atoms with Gasteiger partial charge in [-0.1, -0.05) is 24.3 Å². The van der Waals surface area contributed by atoms with E-state index in [0.717, 1.165) is 22.4 Å². The van der Waals surface area contributed by atoms with Gasteiger partial charge in [-0.3, -0.25) is 0 Å². The van der Waals surface area contributed by atoms with Crippen molar-refractivity contribution in [2.75, 3.05) is 0 Å². The van der Waals surface area contributed by atoms with Crippen molar-refractivity contribution in [3.8, 4) is 0 Å². The summed E-state index contributed by atoms with van der Waals surface area (Å²) < 4.78 is 4.25. The maximum Gasteiger partial charge on any atom is 0.192 e. The summed E-state index contributed by atoms with van der Waals surface area (Å²) >= 11 is 0. The first-order chi connectivity index (χ1) is 11.9. The van der Waals surface area contributed by atoms with Crippen molar-refractivity contribution in [3.63, 3.8) is 0 Å². The van der Waals surface area contributed by atoms with Gasteiger partial charge < -0.3 is 34.0 Å². The van der Waals surface area contributed by atoms with Gasteiger partial charge in [-0.25, -0.2) is 9.97 Å². The Balaban J connectivity index is 0.00000121. The maximum atomic E-state index is 4.87. The highest BCUT2D eigenvalue weighted by molar-refractivity contribution is 5.74. The molecule has 0 unspecified atom stereocenters. The lowest BCUT2D eigenvalue weighted by Gasteiger charge is -2.06. The lowest BCUT2D eigenvalue weighted by molar-refractivity contribution is -0.694. The molecule has 0 radical (unpaired) electrons. The van der Waals surface area contributed by atoms with Crippen LogP contribution < -0.4 is 43.1 Å². The number of rotatable bonds is 4. The molecule has 0 saturated heterocycles. The van der Waals surface area contributed by atoms with Gasteiger partial charge >= 0.3 is 0 Å². The van der Waals surface area contributed by atoms with Crippen LogP contribution in [-0.2, 0) is 13.1 Å². The number of nitrogens with zero attached hydrogens (tertiary/aromatic N) is 4. The SMILES string of the molecule is [Br-].[Br-].c1cc[n+](Cc2nc3ccccc3nc2C[n+]2ccccc2)cc1. The van der Waals surface area contributed by atoms with Gasteiger partial charge in [0.05, 0.1) is 11.0 Å². The Kier molecular flexibility index (Phi) is 7.36. The summed E-state index contributed by atoms with van der Waals surface area (Å²) in [6.45, 7) is 1.42. The lowest BCUT2D eigenvalue weighted by Crippen LogP contribution is -3.00. The van der Waals surface area contributed by atoms with Crippen LogP contribution in [0.3, 0.4) is 0 Å². The Labute approximate surface area is 173 Å². The van der Waals surface area contributed by atoms with Gasteiger partial charge in [0, 0.05) is 24.3 Å². The van der Waals surface area contributed by atoms with E-state index in [1.165, 1.54) is 0 Å². The Hall–Kier alpha value is -2.18. The Bertz CT molecular complexity index is 883. The number of hydrogen-bond acceptors (Lipinski definition) is 2. The second-order valence-corrected chi connectivity index (χ2v) is 5.70. The van der Waals surface area contributed by atoms with Crippen LogP contribution in [-0.4, -0.2) is 9.97 Å². The van der Waals surface area contributed by atoms with E-state index in [-0.39, 0.29) is 34.0 Å². The first-order valence-corrected chi connectivity index (χ1v) is 8.01. The van der Waals surface area contributed by atoms with Crippen molar-refractivity contribution in [3.05, 3.63) is 96.8 Å². The van der Waals surface area contributed by atoms with Crippen molar-refractivity contribution in [2.24, 2.45) is 0 Å². The molecule has 0 bridgehead atoms. The number of halogens is 2. The average molecular weight is 474 g/mol. The predicted molar refractivity (Wildman–Crippen MR) is 91.0 cm³/mol. The largest absolute Gasteiger partial charge is 1.00 e. The summed E-state index contributed by atoms with van der Waals surface area (Å²) in [4.78, 5) is 9.74. The Morgan fingerprint density at radius 2 is 0.923 bits per heavy atom. The molecule has 0 spiro atoms. The fourth-order valence-corrected chi connectivity index (χ4v) is 2.75. The third-order valence-corrected chi connectivity index (χ3v) is 3.94. The number of para-hydroxylation sites is 2. The molecule has 0 fully saturated rings. The molecule has 0 saturated carbocycles. The van der Waals surface area contributed by atoms with Gasteiger partial charge in [0.25, 0.3) is 0 Å². The number of fused-ring (bicyclic) bond motifs is 1. The van der Waals surface area contributed by atoms with Crippen molar-refractivity contribution in [2.45, 2.75) is 13.1 Å². The van der Waals surface area contributed by atoms with Crippen LogP contribution in [0, 0.1) is 0 Å². The van der Waals surface area contributed by atoms with Crippen molar-refractivity contribution < 1.29 is 43.1 Å². The quantitative estimate of drug-likeness (QED) is 0.286. The third-order valence-electron chi connectivity index (χ3n) is 3.94. The molecule has 0 aliphatic rings. The molecule has 3 aromatic heterocycles. The van der Waals surface area contributed by atoms with Gasteiger partial charge in [-0.15, -0.1) is 0 Å². The van der Waals surface area contributed by atoms with Gasteiger partial charge in [0.1, 0.15) is 11.4 Å². The first kappa shape index (κ1) is 20.1. The zero-order chi connectivity index (χ0) is 16.2. The standard InChI is InChI=1S/C20H18N4.2BrH/c1-5-11-23(12-6-1)15-19-20(16-24-13-7-2-8-14-24)22-18-10-4-3-9-17(18)21-19;;/h1-14H,15-16H2;2*1H/q+2;;/p-2. The highest BCUT2D eigenvalue weighted by atomic mass is 79.9. The van der Waals surface area contributed by atoms with Crippen LogP contribution in [0.15, 0.2) is 85.5 Å². The summed E-state index contributed by atoms with van der Waals surface area (Å²) in [7, 11) is 0. The predicted octanol–water partition coefficient (Wildman–Crippen LogP) is -3.69. The molecule has 0 aliphatic heterocycles. The normalized spacial score (nSPS) is 10.0. The van der Waals surface area contributed by atoms with E-state index < -0.39 is 0 Å². The van der Waals surface area contributed by atoms with Gasteiger partial charge in [0.15, 0.2) is 37.9 Å². The number of aromatic nitrogens is 4. The van der Waals surface area contributed by atoms with Crippen molar-refractivity contribution in [1.82, 2.24) is 9.97 Å². The van der Waals surface area contributed by atoms with Crippen LogP contribution in [0.2, 0.25) is 0 Å². The molecule has 4 aromatic rings. The second-order valence-electron chi connectivity index (χ2n) is 5.70. The third kappa shape index (κ3) is 4.71. The molecule has 0 aliphatic carbocycles. The molecular weight excluding hydrogens is 456 g/mol. The van der Waals surface area contributed by atoms with Crippen LogP contribution in [0.1, 0.15) is 11.4 Å². The molecule has 4 rings (SSSR count). The molecule has 4 nitrogen and oxygen atoms in total. The summed E-state index contributed by atoms with van der Waals surface area (Å²) in [5.74, 6) is 0. The minimum atomic E-state index is 0. The smallest absolute Gasteiger partial charge is 0.192 e. The van der Waals surface area contributed by atoms with E-state index in [0.29, 0.717) is 13.1 Å². The molecule has 0 amide bonds. The molecule has 132 valence electrons. The van der Waals surface area contributed by atoms with Crippen LogP contribution in [0.4, 0.5) is 0 Å². The van der Waals surface area contributed by atoms with E-state index >= 15 is 0 Å². The monoisotopic (exact) mass is 472 g/mol. The zero-order valence-corrected chi connectivity index (χ0v) is 17.2. The fraction of sp³-hybridized carbons (Fsp3) is 0.100. The fourth-order valence-electron chi connectivity index (χ4n) is 2.75. The van der Waals surface area contributed by atoms with Crippen molar-refractivity contribution in [1.29, 1.82) is 0 Å². The minimum Gasteiger partial charge on any atom is -1.00 e. The molecule has 1 aromatic carbocycles. The summed E-state index contributed by atoms with van der Waals surface area (Å²) in [5, 5.41) is 0.